The fourth-order valence-electron chi connectivity index (χ4n) is 1.75. The third kappa shape index (κ3) is 4.78. The Labute approximate surface area is 154 Å². The largest absolute Gasteiger partial charge is 0.480 e. The highest BCUT2D eigenvalue weighted by Gasteiger charge is 2.18. The van der Waals surface area contributed by atoms with Crippen LogP contribution in [0.2, 0.25) is 0 Å². The number of rotatable bonds is 4. The van der Waals surface area contributed by atoms with E-state index in [4.69, 9.17) is 4.74 Å². The summed E-state index contributed by atoms with van der Waals surface area (Å²) in [6, 6.07) is 10.7. The lowest BCUT2D eigenvalue weighted by atomic mass is 10.2. The van der Waals surface area contributed by atoms with Gasteiger partial charge in [0.1, 0.15) is 11.6 Å². The van der Waals surface area contributed by atoms with Gasteiger partial charge < -0.3 is 4.74 Å². The SMILES string of the molecule is CC(Oc1ccc(F)cc1Br)C(=O)NNC(=O)c1ccccc1Br. The maximum Gasteiger partial charge on any atom is 0.279 e. The van der Waals surface area contributed by atoms with Crippen molar-refractivity contribution in [2.45, 2.75) is 13.0 Å². The molecule has 0 saturated carbocycles. The van der Waals surface area contributed by atoms with Crippen molar-refractivity contribution < 1.29 is 18.7 Å². The van der Waals surface area contributed by atoms with Gasteiger partial charge in [-0.25, -0.2) is 4.39 Å². The van der Waals surface area contributed by atoms with Gasteiger partial charge in [0.05, 0.1) is 10.0 Å². The first-order valence-corrected chi connectivity index (χ1v) is 8.43. The molecule has 2 rings (SSSR count). The summed E-state index contributed by atoms with van der Waals surface area (Å²) in [4.78, 5) is 24.0. The summed E-state index contributed by atoms with van der Waals surface area (Å²) >= 11 is 6.41. The molecule has 1 atom stereocenters. The Morgan fingerprint density at radius 2 is 1.79 bits per heavy atom. The second kappa shape index (κ2) is 8.25. The molecule has 0 aliphatic heterocycles. The second-order valence-electron chi connectivity index (χ2n) is 4.76. The summed E-state index contributed by atoms with van der Waals surface area (Å²) in [6.07, 6.45) is -0.897. The Bertz CT molecular complexity index is 771. The summed E-state index contributed by atoms with van der Waals surface area (Å²) in [5, 5.41) is 0. The van der Waals surface area contributed by atoms with Crippen LogP contribution in [0.5, 0.6) is 5.75 Å². The molecule has 1 unspecified atom stereocenters. The highest BCUT2D eigenvalue weighted by molar-refractivity contribution is 9.10. The van der Waals surface area contributed by atoms with Crippen LogP contribution in [-0.2, 0) is 4.79 Å². The summed E-state index contributed by atoms with van der Waals surface area (Å²) in [6.45, 7) is 1.51. The molecule has 2 amide bonds. The van der Waals surface area contributed by atoms with E-state index in [1.54, 1.807) is 24.3 Å². The van der Waals surface area contributed by atoms with Crippen LogP contribution in [0.25, 0.3) is 0 Å². The van der Waals surface area contributed by atoms with E-state index >= 15 is 0 Å². The molecular weight excluding hydrogens is 447 g/mol. The van der Waals surface area contributed by atoms with Crippen molar-refractivity contribution in [2.24, 2.45) is 0 Å². The minimum absolute atomic E-state index is 0.316. The molecule has 0 heterocycles. The number of nitrogens with one attached hydrogen (secondary N) is 2. The zero-order chi connectivity index (χ0) is 17.7. The lowest BCUT2D eigenvalue weighted by Crippen LogP contribution is -2.47. The quantitative estimate of drug-likeness (QED) is 0.686. The van der Waals surface area contributed by atoms with Crippen molar-refractivity contribution in [2.75, 3.05) is 0 Å². The molecule has 0 saturated heterocycles. The molecule has 8 heteroatoms. The number of carbonyl (C=O) groups excluding carboxylic acids is 2. The summed E-state index contributed by atoms with van der Waals surface area (Å²) in [5.41, 5.74) is 4.98. The fourth-order valence-corrected chi connectivity index (χ4v) is 2.66. The van der Waals surface area contributed by atoms with E-state index in [0.717, 1.165) is 0 Å². The normalized spacial score (nSPS) is 11.5. The van der Waals surface area contributed by atoms with Crippen LogP contribution in [0.3, 0.4) is 0 Å². The van der Waals surface area contributed by atoms with Crippen LogP contribution in [0.15, 0.2) is 51.4 Å². The van der Waals surface area contributed by atoms with E-state index in [-0.39, 0.29) is 0 Å². The molecule has 2 aromatic rings. The molecule has 126 valence electrons. The van der Waals surface area contributed by atoms with Crippen molar-refractivity contribution in [3.63, 3.8) is 0 Å². The predicted octanol–water partition coefficient (Wildman–Crippen LogP) is 3.58. The third-order valence-electron chi connectivity index (χ3n) is 2.98. The van der Waals surface area contributed by atoms with Gasteiger partial charge in [-0.05, 0) is 69.1 Å². The Morgan fingerprint density at radius 3 is 2.46 bits per heavy atom. The monoisotopic (exact) mass is 458 g/mol. The fraction of sp³-hybridized carbons (Fsp3) is 0.125. The zero-order valence-electron chi connectivity index (χ0n) is 12.5. The van der Waals surface area contributed by atoms with E-state index in [1.807, 2.05) is 0 Å². The Balaban J connectivity index is 1.92. The molecule has 2 aromatic carbocycles. The van der Waals surface area contributed by atoms with E-state index in [9.17, 15) is 14.0 Å². The number of halogens is 3. The molecule has 0 spiro atoms. The van der Waals surface area contributed by atoms with E-state index in [1.165, 1.54) is 25.1 Å². The van der Waals surface area contributed by atoms with Gasteiger partial charge in [0.2, 0.25) is 0 Å². The minimum Gasteiger partial charge on any atom is -0.480 e. The number of hydrazine groups is 1. The molecular formula is C16H13Br2FN2O3. The molecule has 0 bridgehead atoms. The standard InChI is InChI=1S/C16H13Br2FN2O3/c1-9(24-14-7-6-10(19)8-13(14)18)15(22)20-21-16(23)11-4-2-3-5-12(11)17/h2-9H,1H3,(H,20,22)(H,21,23). The zero-order valence-corrected chi connectivity index (χ0v) is 15.6. The van der Waals surface area contributed by atoms with Gasteiger partial charge in [-0.2, -0.15) is 0 Å². The van der Waals surface area contributed by atoms with E-state index in [2.05, 4.69) is 42.7 Å². The van der Waals surface area contributed by atoms with Crippen molar-refractivity contribution in [3.05, 3.63) is 62.8 Å². The minimum atomic E-state index is -0.897. The lowest BCUT2D eigenvalue weighted by molar-refractivity contribution is -0.128. The van der Waals surface area contributed by atoms with Crippen molar-refractivity contribution in [1.29, 1.82) is 0 Å². The average Bonchev–Trinajstić information content (AvgIpc) is 2.55. The first-order valence-electron chi connectivity index (χ1n) is 6.85. The third-order valence-corrected chi connectivity index (χ3v) is 4.30. The molecule has 0 radical (unpaired) electrons. The van der Waals surface area contributed by atoms with E-state index < -0.39 is 23.7 Å². The van der Waals surface area contributed by atoms with Crippen LogP contribution in [-0.4, -0.2) is 17.9 Å². The second-order valence-corrected chi connectivity index (χ2v) is 6.47. The van der Waals surface area contributed by atoms with Crippen LogP contribution in [0.1, 0.15) is 17.3 Å². The van der Waals surface area contributed by atoms with Crippen LogP contribution < -0.4 is 15.6 Å². The summed E-state index contributed by atoms with van der Waals surface area (Å²) < 4.78 is 19.5. The number of hydrogen-bond donors (Lipinski definition) is 2. The van der Waals surface area contributed by atoms with Gasteiger partial charge in [0.15, 0.2) is 6.10 Å². The highest BCUT2D eigenvalue weighted by atomic mass is 79.9. The van der Waals surface area contributed by atoms with Crippen molar-refractivity contribution in [3.8, 4) is 5.75 Å². The number of amides is 2. The highest BCUT2D eigenvalue weighted by Crippen LogP contribution is 2.26. The summed E-state index contributed by atoms with van der Waals surface area (Å²) in [7, 11) is 0. The van der Waals surface area contributed by atoms with Gasteiger partial charge in [-0.3, -0.25) is 20.4 Å². The molecule has 0 fully saturated rings. The molecule has 24 heavy (non-hydrogen) atoms. The van der Waals surface area contributed by atoms with Crippen molar-refractivity contribution in [1.82, 2.24) is 10.9 Å². The van der Waals surface area contributed by atoms with E-state index in [0.29, 0.717) is 20.3 Å². The lowest BCUT2D eigenvalue weighted by Gasteiger charge is -2.16. The number of benzene rings is 2. The maximum absolute atomic E-state index is 13.0. The van der Waals surface area contributed by atoms with Crippen LogP contribution >= 0.6 is 31.9 Å². The predicted molar refractivity (Wildman–Crippen MR) is 93.9 cm³/mol. The smallest absolute Gasteiger partial charge is 0.279 e. The maximum atomic E-state index is 13.0. The van der Waals surface area contributed by atoms with Gasteiger partial charge in [-0.15, -0.1) is 0 Å². The van der Waals surface area contributed by atoms with Crippen LogP contribution in [0, 0.1) is 5.82 Å². The molecule has 5 nitrogen and oxygen atoms in total. The van der Waals surface area contributed by atoms with Crippen LogP contribution in [0.4, 0.5) is 4.39 Å². The first kappa shape index (κ1) is 18.4. The van der Waals surface area contributed by atoms with Gasteiger partial charge in [0, 0.05) is 4.47 Å². The van der Waals surface area contributed by atoms with Gasteiger partial charge in [-0.1, -0.05) is 12.1 Å². The van der Waals surface area contributed by atoms with Crippen molar-refractivity contribution >= 4 is 43.7 Å². The molecule has 0 aromatic heterocycles. The topological polar surface area (TPSA) is 67.4 Å². The number of hydrogen-bond acceptors (Lipinski definition) is 3. The summed E-state index contributed by atoms with van der Waals surface area (Å²) in [5.74, 6) is -1.12. The average molecular weight is 460 g/mol. The molecule has 2 N–H and O–H groups in total. The number of carbonyl (C=O) groups is 2. The first-order chi connectivity index (χ1) is 11.4. The molecule has 0 aliphatic carbocycles. The van der Waals surface area contributed by atoms with Gasteiger partial charge >= 0.3 is 0 Å². The molecule has 0 aliphatic rings. The Morgan fingerprint density at radius 1 is 1.08 bits per heavy atom. The number of ether oxygens (including phenoxy) is 1. The Kier molecular flexibility index (Phi) is 6.33. The van der Waals surface area contributed by atoms with Gasteiger partial charge in [0.25, 0.3) is 11.8 Å². The Hall–Kier alpha value is -1.93.